The van der Waals surface area contributed by atoms with Gasteiger partial charge in [-0.1, -0.05) is 32.0 Å². The van der Waals surface area contributed by atoms with Crippen LogP contribution in [0, 0.1) is 18.6 Å². The Morgan fingerprint density at radius 1 is 1.00 bits per heavy atom. The zero-order chi connectivity index (χ0) is 18.6. The van der Waals surface area contributed by atoms with Crippen LogP contribution >= 0.6 is 0 Å². The maximum absolute atomic E-state index is 13.1. The first-order chi connectivity index (χ1) is 11.8. The molecule has 25 heavy (non-hydrogen) atoms. The lowest BCUT2D eigenvalue weighted by atomic mass is 9.98. The minimum atomic E-state index is -1.07. The smallest absolute Gasteiger partial charge is 0.233 e. The lowest BCUT2D eigenvalue weighted by Crippen LogP contribution is -2.22. The Morgan fingerprint density at radius 3 is 2.32 bits per heavy atom. The van der Waals surface area contributed by atoms with Crippen LogP contribution in [0.3, 0.4) is 0 Å². The minimum absolute atomic E-state index is 0.0930. The summed E-state index contributed by atoms with van der Waals surface area (Å²) in [6, 6.07) is 8.72. The van der Waals surface area contributed by atoms with E-state index in [0.29, 0.717) is 5.69 Å². The van der Waals surface area contributed by atoms with E-state index in [1.54, 1.807) is 0 Å². The number of aryl methyl sites for hydroxylation is 1. The summed E-state index contributed by atoms with van der Waals surface area (Å²) in [5.74, 6) is -2.94. The van der Waals surface area contributed by atoms with E-state index < -0.39 is 29.9 Å². The van der Waals surface area contributed by atoms with Crippen LogP contribution in [-0.2, 0) is 9.59 Å². The Balaban J connectivity index is 2.03. The van der Waals surface area contributed by atoms with Gasteiger partial charge in [0.2, 0.25) is 11.8 Å². The SMILES string of the molecule is Cc1cccc(C(C)C)c1NC(=O)CC(=O)Nc1ccc(F)c(F)c1. The van der Waals surface area contributed by atoms with Gasteiger partial charge >= 0.3 is 0 Å². The summed E-state index contributed by atoms with van der Waals surface area (Å²) < 4.78 is 26.0. The lowest BCUT2D eigenvalue weighted by Gasteiger charge is -2.16. The van der Waals surface area contributed by atoms with E-state index in [0.717, 1.165) is 23.3 Å². The number of carbonyl (C=O) groups is 2. The second-order valence-corrected chi connectivity index (χ2v) is 6.10. The molecule has 0 atom stereocenters. The summed E-state index contributed by atoms with van der Waals surface area (Å²) in [5.41, 5.74) is 2.67. The summed E-state index contributed by atoms with van der Waals surface area (Å²) in [6.07, 6.45) is -0.426. The molecule has 0 heterocycles. The third-order valence-corrected chi connectivity index (χ3v) is 3.72. The van der Waals surface area contributed by atoms with E-state index in [2.05, 4.69) is 10.6 Å². The van der Waals surface area contributed by atoms with E-state index in [-0.39, 0.29) is 11.6 Å². The molecule has 4 nitrogen and oxygen atoms in total. The Labute approximate surface area is 145 Å². The summed E-state index contributed by atoms with van der Waals surface area (Å²) in [4.78, 5) is 24.1. The van der Waals surface area contributed by atoms with Crippen molar-refractivity contribution in [1.82, 2.24) is 0 Å². The van der Waals surface area contributed by atoms with Gasteiger partial charge < -0.3 is 10.6 Å². The van der Waals surface area contributed by atoms with Crippen molar-refractivity contribution in [3.63, 3.8) is 0 Å². The molecular formula is C19H20F2N2O2. The molecule has 2 rings (SSSR count). The Kier molecular flexibility index (Phi) is 5.85. The number of nitrogens with one attached hydrogen (secondary N) is 2. The third kappa shape index (κ3) is 4.86. The van der Waals surface area contributed by atoms with Gasteiger partial charge in [-0.05, 0) is 36.1 Å². The number of hydrogen-bond acceptors (Lipinski definition) is 2. The largest absolute Gasteiger partial charge is 0.326 e. The van der Waals surface area contributed by atoms with Gasteiger partial charge in [0, 0.05) is 17.4 Å². The van der Waals surface area contributed by atoms with Gasteiger partial charge in [-0.2, -0.15) is 0 Å². The number of amides is 2. The molecule has 0 saturated heterocycles. The van der Waals surface area contributed by atoms with Gasteiger partial charge in [0.25, 0.3) is 0 Å². The van der Waals surface area contributed by atoms with Gasteiger partial charge in [-0.15, -0.1) is 0 Å². The quantitative estimate of drug-likeness (QED) is 0.790. The molecule has 0 bridgehead atoms. The van der Waals surface area contributed by atoms with Gasteiger partial charge in [0.15, 0.2) is 11.6 Å². The molecule has 0 aliphatic rings. The zero-order valence-electron chi connectivity index (χ0n) is 14.3. The molecule has 2 aromatic carbocycles. The first-order valence-electron chi connectivity index (χ1n) is 7.92. The lowest BCUT2D eigenvalue weighted by molar-refractivity contribution is -0.123. The number of rotatable bonds is 5. The molecule has 2 N–H and O–H groups in total. The maximum Gasteiger partial charge on any atom is 0.233 e. The molecule has 0 saturated carbocycles. The fourth-order valence-corrected chi connectivity index (χ4v) is 2.45. The number of carbonyl (C=O) groups excluding carboxylic acids is 2. The highest BCUT2D eigenvalue weighted by molar-refractivity contribution is 6.08. The van der Waals surface area contributed by atoms with E-state index >= 15 is 0 Å². The van der Waals surface area contributed by atoms with Crippen molar-refractivity contribution in [3.8, 4) is 0 Å². The molecule has 2 aromatic rings. The van der Waals surface area contributed by atoms with Crippen molar-refractivity contribution in [2.45, 2.75) is 33.1 Å². The highest BCUT2D eigenvalue weighted by Crippen LogP contribution is 2.27. The van der Waals surface area contributed by atoms with Gasteiger partial charge in [-0.3, -0.25) is 9.59 Å². The van der Waals surface area contributed by atoms with Gasteiger partial charge in [-0.25, -0.2) is 8.78 Å². The van der Waals surface area contributed by atoms with Crippen molar-refractivity contribution in [3.05, 3.63) is 59.2 Å². The standard InChI is InChI=1S/C19H20F2N2O2/c1-11(2)14-6-4-5-12(3)19(14)23-18(25)10-17(24)22-13-7-8-15(20)16(21)9-13/h4-9,11H,10H2,1-3H3,(H,22,24)(H,23,25). The van der Waals surface area contributed by atoms with Crippen LogP contribution < -0.4 is 10.6 Å². The predicted molar refractivity (Wildman–Crippen MR) is 93.5 cm³/mol. The third-order valence-electron chi connectivity index (χ3n) is 3.72. The maximum atomic E-state index is 13.1. The summed E-state index contributed by atoms with van der Waals surface area (Å²) in [6.45, 7) is 5.91. The topological polar surface area (TPSA) is 58.2 Å². The molecular weight excluding hydrogens is 326 g/mol. The second-order valence-electron chi connectivity index (χ2n) is 6.10. The van der Waals surface area contributed by atoms with Gasteiger partial charge in [0.05, 0.1) is 0 Å². The van der Waals surface area contributed by atoms with E-state index in [1.807, 2.05) is 39.0 Å². The summed E-state index contributed by atoms with van der Waals surface area (Å²) in [7, 11) is 0. The molecule has 2 amide bonds. The molecule has 0 unspecified atom stereocenters. The molecule has 0 aliphatic carbocycles. The molecule has 0 aliphatic heterocycles. The van der Waals surface area contributed by atoms with Crippen LogP contribution in [0.15, 0.2) is 36.4 Å². The fraction of sp³-hybridized carbons (Fsp3) is 0.263. The number of anilines is 2. The second kappa shape index (κ2) is 7.88. The van der Waals surface area contributed by atoms with Crippen LogP contribution in [0.5, 0.6) is 0 Å². The summed E-state index contributed by atoms with van der Waals surface area (Å²) in [5, 5.41) is 5.14. The van der Waals surface area contributed by atoms with Crippen LogP contribution in [0.1, 0.15) is 37.3 Å². The molecule has 0 radical (unpaired) electrons. The molecule has 0 spiro atoms. The first-order valence-corrected chi connectivity index (χ1v) is 7.92. The van der Waals surface area contributed by atoms with Crippen molar-refractivity contribution < 1.29 is 18.4 Å². The fourth-order valence-electron chi connectivity index (χ4n) is 2.45. The number of halogens is 2. The zero-order valence-corrected chi connectivity index (χ0v) is 14.3. The number of benzene rings is 2. The number of hydrogen-bond donors (Lipinski definition) is 2. The van der Waals surface area contributed by atoms with Crippen LogP contribution in [-0.4, -0.2) is 11.8 Å². The van der Waals surface area contributed by atoms with Gasteiger partial charge in [0.1, 0.15) is 6.42 Å². The van der Waals surface area contributed by atoms with Crippen molar-refractivity contribution in [1.29, 1.82) is 0 Å². The first kappa shape index (κ1) is 18.6. The monoisotopic (exact) mass is 346 g/mol. The van der Waals surface area contributed by atoms with Crippen LogP contribution in [0.2, 0.25) is 0 Å². The highest BCUT2D eigenvalue weighted by atomic mass is 19.2. The molecule has 0 fully saturated rings. The summed E-state index contributed by atoms with van der Waals surface area (Å²) >= 11 is 0. The average Bonchev–Trinajstić information content (AvgIpc) is 2.52. The average molecular weight is 346 g/mol. The molecule has 6 heteroatoms. The van der Waals surface area contributed by atoms with Crippen molar-refractivity contribution >= 4 is 23.2 Å². The Bertz CT molecular complexity index is 804. The predicted octanol–water partition coefficient (Wildman–Crippen LogP) is 4.36. The van der Waals surface area contributed by atoms with Crippen molar-refractivity contribution in [2.24, 2.45) is 0 Å². The van der Waals surface area contributed by atoms with Crippen LogP contribution in [0.25, 0.3) is 0 Å². The molecule has 132 valence electrons. The molecule has 0 aromatic heterocycles. The normalized spacial score (nSPS) is 10.6. The Morgan fingerprint density at radius 2 is 1.68 bits per heavy atom. The van der Waals surface area contributed by atoms with Crippen LogP contribution in [0.4, 0.5) is 20.2 Å². The number of para-hydroxylation sites is 1. The van der Waals surface area contributed by atoms with E-state index in [1.165, 1.54) is 6.07 Å². The highest BCUT2D eigenvalue weighted by Gasteiger charge is 2.15. The minimum Gasteiger partial charge on any atom is -0.326 e. The van der Waals surface area contributed by atoms with E-state index in [4.69, 9.17) is 0 Å². The van der Waals surface area contributed by atoms with Crippen molar-refractivity contribution in [2.75, 3.05) is 10.6 Å². The van der Waals surface area contributed by atoms with E-state index in [9.17, 15) is 18.4 Å². The Hall–Kier alpha value is -2.76.